The highest BCUT2D eigenvalue weighted by Gasteiger charge is 2.30. The number of halogens is 7. The van der Waals surface area contributed by atoms with Crippen molar-refractivity contribution in [2.75, 3.05) is 0 Å². The second-order valence-electron chi connectivity index (χ2n) is 2.39. The first-order valence-electron chi connectivity index (χ1n) is 3.66. The van der Waals surface area contributed by atoms with Gasteiger partial charge in [0.1, 0.15) is 0 Å². The van der Waals surface area contributed by atoms with Crippen molar-refractivity contribution in [3.05, 3.63) is 34.6 Å². The molecule has 1 aromatic rings. The van der Waals surface area contributed by atoms with Crippen LogP contribution in [0.25, 0.3) is 0 Å². The zero-order valence-electron chi connectivity index (χ0n) is 7.66. The Bertz CT molecular complexity index is 390. The molecule has 0 spiro atoms. The Balaban J connectivity index is 0.000000770. The normalized spacial score (nSPS) is 9.88. The minimum atomic E-state index is -3.76. The highest BCUT2D eigenvalue weighted by molar-refractivity contribution is 5.32. The fourth-order valence-electron chi connectivity index (χ4n) is 0.813. The monoisotopic (exact) mass is 264 g/mol. The first-order valence-corrected chi connectivity index (χ1v) is 3.66. The second kappa shape index (κ2) is 6.06. The van der Waals surface area contributed by atoms with Crippen LogP contribution >= 0.6 is 0 Å². The van der Waals surface area contributed by atoms with Crippen LogP contribution in [-0.4, -0.2) is 11.6 Å². The molecule has 0 aromatic heterocycles. The number of hydrogen-bond donors (Lipinski definition) is 1. The molecule has 0 fully saturated rings. The van der Waals surface area contributed by atoms with Crippen LogP contribution < -0.4 is 0 Å². The molecule has 2 nitrogen and oxygen atoms in total. The van der Waals surface area contributed by atoms with E-state index in [1.165, 1.54) is 0 Å². The van der Waals surface area contributed by atoms with E-state index in [2.05, 4.69) is 0 Å². The van der Waals surface area contributed by atoms with Crippen LogP contribution in [0.3, 0.4) is 0 Å². The third-order valence-electron chi connectivity index (χ3n) is 1.46. The molecule has 9 heteroatoms. The van der Waals surface area contributed by atoms with E-state index in [1.807, 2.05) is 0 Å². The Morgan fingerprint density at radius 1 is 0.824 bits per heavy atom. The van der Waals surface area contributed by atoms with E-state index < -0.39 is 41.1 Å². The minimum absolute atomic E-state index is 0.250. The van der Waals surface area contributed by atoms with Crippen LogP contribution in [0.15, 0.2) is 0 Å². The van der Waals surface area contributed by atoms with E-state index in [0.717, 1.165) is 0 Å². The summed E-state index contributed by atoms with van der Waals surface area (Å²) in [6.07, 6.45) is -3.76. The number of rotatable bonds is 1. The summed E-state index contributed by atoms with van der Waals surface area (Å²) < 4.78 is 85.4. The lowest BCUT2D eigenvalue weighted by atomic mass is 10.2. The predicted molar refractivity (Wildman–Crippen MR) is 39.9 cm³/mol. The SMILES string of the molecule is Fc1c(F)c(F)c(C(F)F)c(F)c1F.O=CO. The Hall–Kier alpha value is -1.80. The maximum atomic E-state index is 12.5. The average molecular weight is 264 g/mol. The molecule has 1 rings (SSSR count). The molecule has 0 saturated carbocycles. The maximum Gasteiger partial charge on any atom is 0.290 e. The third kappa shape index (κ3) is 3.08. The van der Waals surface area contributed by atoms with Crippen LogP contribution in [0.4, 0.5) is 30.7 Å². The lowest BCUT2D eigenvalue weighted by Gasteiger charge is -2.06. The van der Waals surface area contributed by atoms with E-state index in [1.54, 1.807) is 0 Å². The highest BCUT2D eigenvalue weighted by Crippen LogP contribution is 2.30. The largest absolute Gasteiger partial charge is 0.483 e. The molecule has 0 heterocycles. The van der Waals surface area contributed by atoms with Gasteiger partial charge in [-0.05, 0) is 0 Å². The smallest absolute Gasteiger partial charge is 0.290 e. The van der Waals surface area contributed by atoms with Gasteiger partial charge in [-0.25, -0.2) is 30.7 Å². The fraction of sp³-hybridized carbons (Fsp3) is 0.125. The minimum Gasteiger partial charge on any atom is -0.483 e. The molecule has 0 saturated heterocycles. The second-order valence-corrected chi connectivity index (χ2v) is 2.39. The number of carboxylic acid groups (broad SMARTS) is 1. The van der Waals surface area contributed by atoms with Crippen molar-refractivity contribution < 1.29 is 40.6 Å². The molecule has 0 aliphatic carbocycles. The lowest BCUT2D eigenvalue weighted by molar-refractivity contribution is -0.122. The van der Waals surface area contributed by atoms with Crippen LogP contribution in [0.2, 0.25) is 0 Å². The molecule has 96 valence electrons. The van der Waals surface area contributed by atoms with Gasteiger partial charge in [0.25, 0.3) is 12.9 Å². The Morgan fingerprint density at radius 3 is 1.29 bits per heavy atom. The molecule has 0 unspecified atom stereocenters. The molecule has 0 radical (unpaired) electrons. The summed E-state index contributed by atoms with van der Waals surface area (Å²) in [6.45, 7) is -0.250. The molecule has 0 atom stereocenters. The highest BCUT2D eigenvalue weighted by atomic mass is 19.3. The molecule has 0 bridgehead atoms. The number of benzene rings is 1. The van der Waals surface area contributed by atoms with Crippen molar-refractivity contribution in [1.29, 1.82) is 0 Å². The van der Waals surface area contributed by atoms with Gasteiger partial charge in [0.2, 0.25) is 5.82 Å². The molecule has 0 aliphatic rings. The maximum absolute atomic E-state index is 12.5. The number of alkyl halides is 2. The van der Waals surface area contributed by atoms with Crippen LogP contribution in [0.5, 0.6) is 0 Å². The van der Waals surface area contributed by atoms with Crippen molar-refractivity contribution in [3.8, 4) is 0 Å². The van der Waals surface area contributed by atoms with Crippen molar-refractivity contribution in [3.63, 3.8) is 0 Å². The average Bonchev–Trinajstić information content (AvgIpc) is 2.24. The van der Waals surface area contributed by atoms with Gasteiger partial charge in [-0.15, -0.1) is 0 Å². The topological polar surface area (TPSA) is 37.3 Å². The Morgan fingerprint density at radius 2 is 1.06 bits per heavy atom. The van der Waals surface area contributed by atoms with E-state index in [-0.39, 0.29) is 6.47 Å². The lowest BCUT2D eigenvalue weighted by Crippen LogP contribution is -2.07. The standard InChI is InChI=1S/C7HF7.CH2O2/c8-2-1(7(13)14)3(9)5(11)6(12)4(2)10;2-1-3/h7H;1H,(H,2,3). The molecular weight excluding hydrogens is 261 g/mol. The summed E-state index contributed by atoms with van der Waals surface area (Å²) in [6, 6.07) is 0. The van der Waals surface area contributed by atoms with Crippen LogP contribution in [-0.2, 0) is 4.79 Å². The summed E-state index contributed by atoms with van der Waals surface area (Å²) in [4.78, 5) is 8.36. The molecule has 17 heavy (non-hydrogen) atoms. The van der Waals surface area contributed by atoms with Gasteiger partial charge in [-0.3, -0.25) is 4.79 Å². The van der Waals surface area contributed by atoms with Gasteiger partial charge in [0.15, 0.2) is 23.3 Å². The molecule has 0 aliphatic heterocycles. The Labute approximate surface area is 89.3 Å². The Kier molecular flexibility index (Phi) is 5.42. The predicted octanol–water partition coefficient (Wildman–Crippen LogP) is 3.02. The van der Waals surface area contributed by atoms with Gasteiger partial charge >= 0.3 is 0 Å². The summed E-state index contributed by atoms with van der Waals surface area (Å²) in [5.74, 6) is -12.2. The first kappa shape index (κ1) is 15.2. The van der Waals surface area contributed by atoms with E-state index in [0.29, 0.717) is 0 Å². The molecule has 1 N–H and O–H groups in total. The third-order valence-corrected chi connectivity index (χ3v) is 1.46. The van der Waals surface area contributed by atoms with Gasteiger partial charge in [-0.2, -0.15) is 0 Å². The van der Waals surface area contributed by atoms with Gasteiger partial charge in [-0.1, -0.05) is 0 Å². The zero-order chi connectivity index (χ0) is 13.7. The first-order chi connectivity index (χ1) is 7.79. The van der Waals surface area contributed by atoms with E-state index in [4.69, 9.17) is 9.90 Å². The van der Waals surface area contributed by atoms with E-state index in [9.17, 15) is 30.7 Å². The number of hydrogen-bond acceptors (Lipinski definition) is 1. The zero-order valence-corrected chi connectivity index (χ0v) is 7.66. The quantitative estimate of drug-likeness (QED) is 0.366. The van der Waals surface area contributed by atoms with Gasteiger partial charge in [0.05, 0.1) is 5.56 Å². The van der Waals surface area contributed by atoms with Crippen molar-refractivity contribution >= 4 is 6.47 Å². The van der Waals surface area contributed by atoms with Gasteiger partial charge < -0.3 is 5.11 Å². The van der Waals surface area contributed by atoms with Crippen molar-refractivity contribution in [1.82, 2.24) is 0 Å². The van der Waals surface area contributed by atoms with Crippen molar-refractivity contribution in [2.45, 2.75) is 6.43 Å². The molecule has 0 amide bonds. The van der Waals surface area contributed by atoms with Crippen LogP contribution in [0, 0.1) is 29.1 Å². The summed E-state index contributed by atoms with van der Waals surface area (Å²) in [5, 5.41) is 6.89. The molecular formula is C8H3F7O2. The van der Waals surface area contributed by atoms with Gasteiger partial charge in [0, 0.05) is 0 Å². The number of carbonyl (C=O) groups is 1. The van der Waals surface area contributed by atoms with Crippen molar-refractivity contribution in [2.24, 2.45) is 0 Å². The summed E-state index contributed by atoms with van der Waals surface area (Å²) in [7, 11) is 0. The van der Waals surface area contributed by atoms with E-state index >= 15 is 0 Å². The summed E-state index contributed by atoms with van der Waals surface area (Å²) in [5.41, 5.74) is -2.11. The fourth-order valence-corrected chi connectivity index (χ4v) is 0.813. The van der Waals surface area contributed by atoms with Crippen LogP contribution in [0.1, 0.15) is 12.0 Å². The summed E-state index contributed by atoms with van der Waals surface area (Å²) >= 11 is 0. The molecule has 1 aromatic carbocycles.